The van der Waals surface area contributed by atoms with Crippen LogP contribution < -0.4 is 5.73 Å². The second kappa shape index (κ2) is 4.30. The molecule has 90 valence electrons. The van der Waals surface area contributed by atoms with Gasteiger partial charge in [-0.25, -0.2) is 8.78 Å². The summed E-state index contributed by atoms with van der Waals surface area (Å²) in [6.45, 7) is 0. The molecule has 1 aromatic rings. The first-order valence-corrected chi connectivity index (χ1v) is 5.22. The molecule has 1 atom stereocenters. The van der Waals surface area contributed by atoms with Crippen molar-refractivity contribution in [2.45, 2.75) is 12.3 Å². The van der Waals surface area contributed by atoms with Gasteiger partial charge in [-0.15, -0.1) is 0 Å². The molecule has 0 saturated heterocycles. The Morgan fingerprint density at radius 2 is 1.94 bits per heavy atom. The number of benzene rings is 1. The Bertz CT molecular complexity index is 481. The molecule has 0 aromatic heterocycles. The van der Waals surface area contributed by atoms with Gasteiger partial charge in [0.1, 0.15) is 11.5 Å². The van der Waals surface area contributed by atoms with Crippen LogP contribution in [-0.4, -0.2) is 13.0 Å². The lowest BCUT2D eigenvalue weighted by molar-refractivity contribution is -0.0877. The predicted molar refractivity (Wildman–Crippen MR) is 62.2 cm³/mol. The van der Waals surface area contributed by atoms with E-state index in [-0.39, 0.29) is 6.42 Å². The van der Waals surface area contributed by atoms with Gasteiger partial charge in [0.2, 0.25) is 0 Å². The highest BCUT2D eigenvalue weighted by Crippen LogP contribution is 2.38. The molecular formula is C13H13F2NO. The van der Waals surface area contributed by atoms with Crippen molar-refractivity contribution in [2.24, 2.45) is 5.73 Å². The number of allylic oxidation sites excluding steroid dienone is 2. The van der Waals surface area contributed by atoms with Gasteiger partial charge < -0.3 is 10.5 Å². The molecular weight excluding hydrogens is 224 g/mol. The van der Waals surface area contributed by atoms with Crippen LogP contribution in [0.4, 0.5) is 8.78 Å². The Morgan fingerprint density at radius 1 is 1.29 bits per heavy atom. The summed E-state index contributed by atoms with van der Waals surface area (Å²) in [5, 5.41) is 0. The lowest BCUT2D eigenvalue weighted by Crippen LogP contribution is -2.35. The van der Waals surface area contributed by atoms with Crippen LogP contribution in [0.15, 0.2) is 47.9 Å². The number of alkyl halides is 1. The third-order valence-corrected chi connectivity index (χ3v) is 2.85. The van der Waals surface area contributed by atoms with Gasteiger partial charge in [-0.05, 0) is 17.2 Å². The second-order valence-electron chi connectivity index (χ2n) is 3.91. The van der Waals surface area contributed by atoms with Crippen molar-refractivity contribution >= 4 is 5.57 Å². The number of hydrogen-bond donors (Lipinski definition) is 1. The lowest BCUT2D eigenvalue weighted by atomic mass is 9.92. The van der Waals surface area contributed by atoms with E-state index in [1.165, 1.54) is 13.2 Å². The van der Waals surface area contributed by atoms with Crippen LogP contribution in [0.1, 0.15) is 12.0 Å². The fourth-order valence-electron chi connectivity index (χ4n) is 1.82. The normalized spacial score (nSPS) is 24.8. The van der Waals surface area contributed by atoms with Gasteiger partial charge in [0.05, 0.1) is 0 Å². The molecule has 1 aliphatic rings. The molecule has 0 bridgehead atoms. The van der Waals surface area contributed by atoms with Crippen LogP contribution in [0.25, 0.3) is 5.57 Å². The molecule has 2 N–H and O–H groups in total. The third kappa shape index (κ3) is 2.08. The summed E-state index contributed by atoms with van der Waals surface area (Å²) in [5.74, 6) is -3.04. The van der Waals surface area contributed by atoms with E-state index in [1.54, 1.807) is 12.1 Å². The van der Waals surface area contributed by atoms with Crippen molar-refractivity contribution in [3.63, 3.8) is 0 Å². The van der Waals surface area contributed by atoms with Crippen LogP contribution in [0.3, 0.4) is 0 Å². The molecule has 0 amide bonds. The molecule has 0 fully saturated rings. The zero-order chi connectivity index (χ0) is 12.5. The molecule has 2 rings (SSSR count). The van der Waals surface area contributed by atoms with E-state index in [0.717, 1.165) is 5.56 Å². The van der Waals surface area contributed by atoms with Gasteiger partial charge in [-0.2, -0.15) is 0 Å². The number of nitrogens with two attached hydrogens (primary N) is 1. The van der Waals surface area contributed by atoms with Crippen LogP contribution in [0, 0.1) is 0 Å². The van der Waals surface area contributed by atoms with Crippen molar-refractivity contribution in [2.75, 3.05) is 7.11 Å². The smallest absolute Gasteiger partial charge is 0.256 e. The maximum absolute atomic E-state index is 14.2. The van der Waals surface area contributed by atoms with E-state index in [1.807, 2.05) is 18.2 Å². The Balaban J connectivity index is 2.43. The maximum atomic E-state index is 14.2. The molecule has 0 spiro atoms. The Kier molecular flexibility index (Phi) is 2.98. The second-order valence-corrected chi connectivity index (χ2v) is 3.91. The van der Waals surface area contributed by atoms with E-state index >= 15 is 0 Å². The number of halogens is 2. The first-order chi connectivity index (χ1) is 8.07. The minimum Gasteiger partial charge on any atom is -0.395 e. The molecule has 1 aromatic carbocycles. The van der Waals surface area contributed by atoms with Crippen LogP contribution in [0.5, 0.6) is 0 Å². The molecule has 0 heterocycles. The number of hydrogen-bond acceptors (Lipinski definition) is 2. The average molecular weight is 237 g/mol. The van der Waals surface area contributed by atoms with Crippen molar-refractivity contribution in [3.8, 4) is 0 Å². The quantitative estimate of drug-likeness (QED) is 0.858. The SMILES string of the molecule is COC1(F)CC(c2ccccc2)=CC(F)=C1N. The highest BCUT2D eigenvalue weighted by atomic mass is 19.2. The van der Waals surface area contributed by atoms with Gasteiger partial charge in [0.15, 0.2) is 0 Å². The summed E-state index contributed by atoms with van der Waals surface area (Å²) in [6, 6.07) is 9.03. The third-order valence-electron chi connectivity index (χ3n) is 2.85. The number of ether oxygens (including phenoxy) is 1. The summed E-state index contributed by atoms with van der Waals surface area (Å²) in [5.41, 5.74) is 6.16. The molecule has 4 heteroatoms. The zero-order valence-corrected chi connectivity index (χ0v) is 9.41. The van der Waals surface area contributed by atoms with Gasteiger partial charge >= 0.3 is 0 Å². The summed E-state index contributed by atoms with van der Waals surface area (Å²) in [7, 11) is 1.17. The van der Waals surface area contributed by atoms with Crippen LogP contribution in [-0.2, 0) is 4.74 Å². The van der Waals surface area contributed by atoms with Gasteiger partial charge in [-0.3, -0.25) is 0 Å². The van der Waals surface area contributed by atoms with E-state index in [4.69, 9.17) is 5.73 Å². The molecule has 1 unspecified atom stereocenters. The summed E-state index contributed by atoms with van der Waals surface area (Å²) < 4.78 is 32.4. The highest BCUT2D eigenvalue weighted by Gasteiger charge is 2.39. The molecule has 0 radical (unpaired) electrons. The van der Waals surface area contributed by atoms with Gasteiger partial charge in [0.25, 0.3) is 5.85 Å². The van der Waals surface area contributed by atoms with E-state index in [2.05, 4.69) is 4.74 Å². The average Bonchev–Trinajstić information content (AvgIpc) is 2.36. The number of rotatable bonds is 2. The summed E-state index contributed by atoms with van der Waals surface area (Å²) in [6.07, 6.45) is 1.16. The molecule has 0 aliphatic heterocycles. The Labute approximate surface area is 98.4 Å². The van der Waals surface area contributed by atoms with E-state index in [0.29, 0.717) is 5.57 Å². The molecule has 2 nitrogen and oxygen atoms in total. The van der Waals surface area contributed by atoms with Crippen LogP contribution in [0.2, 0.25) is 0 Å². The first-order valence-electron chi connectivity index (χ1n) is 5.22. The maximum Gasteiger partial charge on any atom is 0.256 e. The predicted octanol–water partition coefficient (Wildman–Crippen LogP) is 2.93. The Hall–Kier alpha value is -1.68. The fourth-order valence-corrected chi connectivity index (χ4v) is 1.82. The molecule has 0 saturated carbocycles. The zero-order valence-electron chi connectivity index (χ0n) is 9.41. The van der Waals surface area contributed by atoms with Crippen molar-refractivity contribution in [3.05, 3.63) is 53.5 Å². The highest BCUT2D eigenvalue weighted by molar-refractivity contribution is 5.70. The van der Waals surface area contributed by atoms with E-state index in [9.17, 15) is 8.78 Å². The first kappa shape index (κ1) is 11.8. The van der Waals surface area contributed by atoms with E-state index < -0.39 is 17.4 Å². The van der Waals surface area contributed by atoms with Crippen molar-refractivity contribution in [1.82, 2.24) is 0 Å². The van der Waals surface area contributed by atoms with Gasteiger partial charge in [0, 0.05) is 13.5 Å². The Morgan fingerprint density at radius 3 is 2.53 bits per heavy atom. The monoisotopic (exact) mass is 237 g/mol. The van der Waals surface area contributed by atoms with Crippen molar-refractivity contribution < 1.29 is 13.5 Å². The summed E-state index contributed by atoms with van der Waals surface area (Å²) >= 11 is 0. The molecule has 1 aliphatic carbocycles. The lowest BCUT2D eigenvalue weighted by Gasteiger charge is -2.28. The van der Waals surface area contributed by atoms with Crippen LogP contribution >= 0.6 is 0 Å². The topological polar surface area (TPSA) is 35.2 Å². The molecule has 17 heavy (non-hydrogen) atoms. The van der Waals surface area contributed by atoms with Gasteiger partial charge in [-0.1, -0.05) is 30.3 Å². The fraction of sp³-hybridized carbons (Fsp3) is 0.231. The minimum absolute atomic E-state index is 0.0905. The van der Waals surface area contributed by atoms with Crippen molar-refractivity contribution in [1.29, 1.82) is 0 Å². The summed E-state index contributed by atoms with van der Waals surface area (Å²) in [4.78, 5) is 0. The number of methoxy groups -OCH3 is 1. The largest absolute Gasteiger partial charge is 0.395 e. The standard InChI is InChI=1S/C13H13F2NO/c1-17-13(15)8-10(7-11(14)12(13)16)9-5-3-2-4-6-9/h2-7H,8,16H2,1H3. The minimum atomic E-state index is -2.26.